The summed E-state index contributed by atoms with van der Waals surface area (Å²) >= 11 is 0. The summed E-state index contributed by atoms with van der Waals surface area (Å²) in [5.41, 5.74) is 1.33. The van der Waals surface area contributed by atoms with Gasteiger partial charge in [-0.05, 0) is 37.0 Å². The van der Waals surface area contributed by atoms with Crippen LogP contribution in [-0.2, 0) is 9.47 Å². The van der Waals surface area contributed by atoms with Crippen molar-refractivity contribution in [3.05, 3.63) is 24.3 Å². The molecule has 2 atom stereocenters. The summed E-state index contributed by atoms with van der Waals surface area (Å²) in [7, 11) is 0. The first kappa shape index (κ1) is 18.5. The lowest BCUT2D eigenvalue weighted by atomic mass is 9.88. The van der Waals surface area contributed by atoms with E-state index in [0.29, 0.717) is 49.7 Å². The van der Waals surface area contributed by atoms with Crippen molar-refractivity contribution in [2.24, 2.45) is 5.92 Å². The minimum Gasteiger partial charge on any atom is -0.447 e. The van der Waals surface area contributed by atoms with Gasteiger partial charge in [-0.1, -0.05) is 25.8 Å². The van der Waals surface area contributed by atoms with E-state index in [1.807, 2.05) is 6.07 Å². The van der Waals surface area contributed by atoms with Gasteiger partial charge in [0.05, 0.1) is 19.3 Å². The molecule has 1 saturated heterocycles. The van der Waals surface area contributed by atoms with Crippen LogP contribution in [-0.4, -0.2) is 44.5 Å². The second kappa shape index (κ2) is 8.89. The molecule has 0 radical (unpaired) electrons. The van der Waals surface area contributed by atoms with Crippen LogP contribution in [0.5, 0.6) is 0 Å². The number of hydrogen-bond acceptors (Lipinski definition) is 4. The molecular formula is C19H27N3O4. The first-order valence-electron chi connectivity index (χ1n) is 9.34. The molecule has 1 heterocycles. The molecule has 2 N–H and O–H groups in total. The van der Waals surface area contributed by atoms with Crippen LogP contribution in [0.4, 0.5) is 21.0 Å². The summed E-state index contributed by atoms with van der Waals surface area (Å²) in [6.07, 6.45) is 4.80. The third-order valence-corrected chi connectivity index (χ3v) is 4.93. The van der Waals surface area contributed by atoms with Crippen molar-refractivity contribution in [2.75, 3.05) is 36.5 Å². The fraction of sp³-hybridized carbons (Fsp3) is 0.579. The van der Waals surface area contributed by atoms with Crippen molar-refractivity contribution < 1.29 is 19.1 Å². The molecule has 7 heteroatoms. The van der Waals surface area contributed by atoms with Crippen molar-refractivity contribution in [1.82, 2.24) is 5.32 Å². The largest absolute Gasteiger partial charge is 0.447 e. The lowest BCUT2D eigenvalue weighted by molar-refractivity contribution is -0.00232. The molecule has 1 aromatic carbocycles. The Kier molecular flexibility index (Phi) is 6.33. The number of hydrogen-bond donors (Lipinski definition) is 2. The highest BCUT2D eigenvalue weighted by Gasteiger charge is 2.24. The van der Waals surface area contributed by atoms with Crippen LogP contribution in [0.15, 0.2) is 24.3 Å². The average Bonchev–Trinajstić information content (AvgIpc) is 3.06. The van der Waals surface area contributed by atoms with E-state index >= 15 is 0 Å². The number of nitrogens with zero attached hydrogens (tertiary/aromatic N) is 1. The molecule has 7 nitrogen and oxygen atoms in total. The summed E-state index contributed by atoms with van der Waals surface area (Å²) in [4.78, 5) is 25.2. The van der Waals surface area contributed by atoms with E-state index in [1.54, 1.807) is 23.1 Å². The number of urea groups is 1. The predicted molar refractivity (Wildman–Crippen MR) is 99.5 cm³/mol. The Morgan fingerprint density at radius 2 is 2.19 bits per heavy atom. The van der Waals surface area contributed by atoms with Gasteiger partial charge in [-0.25, -0.2) is 9.59 Å². The molecule has 2 aliphatic rings. The zero-order valence-electron chi connectivity index (χ0n) is 15.2. The minimum atomic E-state index is -0.360. The van der Waals surface area contributed by atoms with E-state index in [-0.39, 0.29) is 12.1 Å². The molecule has 1 saturated carbocycles. The third-order valence-electron chi connectivity index (χ3n) is 4.93. The predicted octanol–water partition coefficient (Wildman–Crippen LogP) is 3.36. The van der Waals surface area contributed by atoms with Crippen LogP contribution in [0.25, 0.3) is 0 Å². The summed E-state index contributed by atoms with van der Waals surface area (Å²) in [6, 6.07) is 6.86. The summed E-state index contributed by atoms with van der Waals surface area (Å²) in [6.45, 7) is 4.12. The number of nitrogens with one attached hydrogen (secondary N) is 2. The maximum atomic E-state index is 12.0. The van der Waals surface area contributed by atoms with Crippen molar-refractivity contribution in [3.63, 3.8) is 0 Å². The SMILES string of the molecule is C[C@H]1CCCC[C@@H]1OCCNC(=O)Nc1cccc(N2CCOC2=O)c1. The number of benzene rings is 1. The molecule has 0 aromatic heterocycles. The topological polar surface area (TPSA) is 79.9 Å². The van der Waals surface area contributed by atoms with Crippen molar-refractivity contribution in [2.45, 2.75) is 38.7 Å². The standard InChI is InChI=1S/C19H27N3O4/c1-14-5-2-3-8-17(14)25-11-9-20-18(23)21-15-6-4-7-16(13-15)22-10-12-26-19(22)24/h4,6-7,13-14,17H,2-3,5,8-12H2,1H3,(H2,20,21,23)/t14-,17-/m0/s1. The number of cyclic esters (lactones) is 1. The normalized spacial score (nSPS) is 22.8. The third kappa shape index (κ3) is 4.88. The second-order valence-electron chi connectivity index (χ2n) is 6.87. The molecule has 3 amide bonds. The number of ether oxygens (including phenoxy) is 2. The van der Waals surface area contributed by atoms with Gasteiger partial charge in [0, 0.05) is 17.9 Å². The van der Waals surface area contributed by atoms with Crippen LogP contribution in [0.2, 0.25) is 0 Å². The van der Waals surface area contributed by atoms with E-state index in [4.69, 9.17) is 9.47 Å². The highest BCUT2D eigenvalue weighted by molar-refractivity contribution is 5.93. The van der Waals surface area contributed by atoms with Crippen molar-refractivity contribution in [1.29, 1.82) is 0 Å². The fourth-order valence-electron chi connectivity index (χ4n) is 3.46. The Morgan fingerprint density at radius 3 is 2.96 bits per heavy atom. The van der Waals surface area contributed by atoms with Crippen LogP contribution >= 0.6 is 0 Å². The van der Waals surface area contributed by atoms with E-state index in [9.17, 15) is 9.59 Å². The highest BCUT2D eigenvalue weighted by Crippen LogP contribution is 2.26. The summed E-state index contributed by atoms with van der Waals surface area (Å²) in [5, 5.41) is 5.59. The molecule has 1 aromatic rings. The maximum absolute atomic E-state index is 12.0. The van der Waals surface area contributed by atoms with Crippen LogP contribution in [0.1, 0.15) is 32.6 Å². The molecular weight excluding hydrogens is 334 g/mol. The molecule has 26 heavy (non-hydrogen) atoms. The van der Waals surface area contributed by atoms with Gasteiger partial charge in [-0.15, -0.1) is 0 Å². The number of carbonyl (C=O) groups is 2. The molecule has 2 fully saturated rings. The molecule has 1 aliphatic carbocycles. The molecule has 0 bridgehead atoms. The second-order valence-corrected chi connectivity index (χ2v) is 6.87. The Bertz CT molecular complexity index is 637. The lowest BCUT2D eigenvalue weighted by Gasteiger charge is -2.28. The molecule has 3 rings (SSSR count). The Labute approximate surface area is 154 Å². The highest BCUT2D eigenvalue weighted by atomic mass is 16.6. The number of anilines is 2. The first-order valence-corrected chi connectivity index (χ1v) is 9.34. The van der Waals surface area contributed by atoms with E-state index < -0.39 is 0 Å². The Morgan fingerprint density at radius 1 is 1.35 bits per heavy atom. The van der Waals surface area contributed by atoms with Crippen LogP contribution in [0, 0.1) is 5.92 Å². The van der Waals surface area contributed by atoms with Gasteiger partial charge in [-0.2, -0.15) is 0 Å². The van der Waals surface area contributed by atoms with Crippen molar-refractivity contribution in [3.8, 4) is 0 Å². The smallest absolute Gasteiger partial charge is 0.414 e. The molecule has 1 aliphatic heterocycles. The summed E-state index contributed by atoms with van der Waals surface area (Å²) in [5.74, 6) is 0.595. The van der Waals surface area contributed by atoms with Gasteiger partial charge in [0.1, 0.15) is 6.61 Å². The van der Waals surface area contributed by atoms with Gasteiger partial charge in [0.25, 0.3) is 0 Å². The van der Waals surface area contributed by atoms with Gasteiger partial charge < -0.3 is 20.1 Å². The zero-order chi connectivity index (χ0) is 18.4. The fourth-order valence-corrected chi connectivity index (χ4v) is 3.46. The van der Waals surface area contributed by atoms with Crippen LogP contribution in [0.3, 0.4) is 0 Å². The molecule has 0 unspecified atom stereocenters. The van der Waals surface area contributed by atoms with E-state index in [2.05, 4.69) is 17.6 Å². The molecule has 0 spiro atoms. The van der Waals surface area contributed by atoms with E-state index in [0.717, 1.165) is 6.42 Å². The first-order chi connectivity index (χ1) is 12.6. The lowest BCUT2D eigenvalue weighted by Crippen LogP contribution is -2.34. The molecule has 142 valence electrons. The van der Waals surface area contributed by atoms with Crippen LogP contribution < -0.4 is 15.5 Å². The van der Waals surface area contributed by atoms with Gasteiger partial charge in [0.2, 0.25) is 0 Å². The van der Waals surface area contributed by atoms with E-state index in [1.165, 1.54) is 19.3 Å². The van der Waals surface area contributed by atoms with Gasteiger partial charge in [-0.3, -0.25) is 4.90 Å². The monoisotopic (exact) mass is 361 g/mol. The minimum absolute atomic E-state index is 0.286. The van der Waals surface area contributed by atoms with Crippen molar-refractivity contribution >= 4 is 23.5 Å². The zero-order valence-corrected chi connectivity index (χ0v) is 15.2. The maximum Gasteiger partial charge on any atom is 0.414 e. The Balaban J connectivity index is 1.41. The quantitative estimate of drug-likeness (QED) is 0.762. The summed E-state index contributed by atoms with van der Waals surface area (Å²) < 4.78 is 10.8. The van der Waals surface area contributed by atoms with Gasteiger partial charge >= 0.3 is 12.1 Å². The Hall–Kier alpha value is -2.28. The number of rotatable bonds is 6. The van der Waals surface area contributed by atoms with Gasteiger partial charge in [0.15, 0.2) is 0 Å². The average molecular weight is 361 g/mol. The number of carbonyl (C=O) groups excluding carboxylic acids is 2. The number of amides is 3.